The molecule has 0 spiro atoms. The molecule has 114 valence electrons. The first-order valence-corrected chi connectivity index (χ1v) is 7.71. The molecule has 0 atom stereocenters. The summed E-state index contributed by atoms with van der Waals surface area (Å²) < 4.78 is 0. The van der Waals surface area contributed by atoms with Crippen LogP contribution in [-0.2, 0) is 4.79 Å². The fraction of sp³-hybridized carbons (Fsp3) is 0.143. The fourth-order valence-electron chi connectivity index (χ4n) is 1.67. The van der Waals surface area contributed by atoms with Gasteiger partial charge in [-0.3, -0.25) is 14.9 Å². The molecule has 2 aromatic rings. The van der Waals surface area contributed by atoms with Gasteiger partial charge in [0.05, 0.1) is 9.95 Å². The number of rotatable bonds is 6. The van der Waals surface area contributed by atoms with Crippen molar-refractivity contribution >= 4 is 40.6 Å². The average Bonchev–Trinajstić information content (AvgIpc) is 2.49. The zero-order chi connectivity index (χ0) is 15.9. The number of nitro groups is 1. The lowest BCUT2D eigenvalue weighted by molar-refractivity contribution is -0.383. The van der Waals surface area contributed by atoms with Crippen molar-refractivity contribution in [1.82, 2.24) is 4.98 Å². The molecule has 1 heterocycles. The van der Waals surface area contributed by atoms with Crippen LogP contribution in [0.2, 0.25) is 5.02 Å². The first kappa shape index (κ1) is 16.3. The Bertz CT molecular complexity index is 697. The average molecular weight is 338 g/mol. The zero-order valence-electron chi connectivity index (χ0n) is 11.4. The van der Waals surface area contributed by atoms with Crippen molar-refractivity contribution in [3.63, 3.8) is 0 Å². The SMILES string of the molecule is O=C(CCSc1ncccc1Cl)Nc1ccccc1[N+](=O)[O-]. The van der Waals surface area contributed by atoms with E-state index in [1.54, 1.807) is 30.5 Å². The van der Waals surface area contributed by atoms with Crippen molar-refractivity contribution < 1.29 is 9.72 Å². The van der Waals surface area contributed by atoms with Crippen molar-refractivity contribution in [2.24, 2.45) is 0 Å². The number of aromatic nitrogens is 1. The molecule has 1 aromatic heterocycles. The molecular formula is C14H12ClN3O3S. The summed E-state index contributed by atoms with van der Waals surface area (Å²) in [6, 6.07) is 9.48. The highest BCUT2D eigenvalue weighted by molar-refractivity contribution is 7.99. The quantitative estimate of drug-likeness (QED) is 0.492. The lowest BCUT2D eigenvalue weighted by Crippen LogP contribution is -2.13. The van der Waals surface area contributed by atoms with E-state index in [-0.39, 0.29) is 23.7 Å². The third-order valence-electron chi connectivity index (χ3n) is 2.67. The maximum atomic E-state index is 11.9. The Kier molecular flexibility index (Phi) is 5.74. The predicted octanol–water partition coefficient (Wildman–Crippen LogP) is 3.76. The van der Waals surface area contributed by atoms with Gasteiger partial charge >= 0.3 is 0 Å². The second-order valence-electron chi connectivity index (χ2n) is 4.21. The summed E-state index contributed by atoms with van der Waals surface area (Å²) in [7, 11) is 0. The van der Waals surface area contributed by atoms with E-state index in [1.165, 1.54) is 23.9 Å². The van der Waals surface area contributed by atoms with E-state index in [1.807, 2.05) is 0 Å². The number of hydrogen-bond acceptors (Lipinski definition) is 5. The van der Waals surface area contributed by atoms with Gasteiger partial charge in [-0.25, -0.2) is 4.98 Å². The largest absolute Gasteiger partial charge is 0.320 e. The van der Waals surface area contributed by atoms with Gasteiger partial charge in [0.15, 0.2) is 0 Å². The zero-order valence-corrected chi connectivity index (χ0v) is 12.9. The Morgan fingerprint density at radius 2 is 2.09 bits per heavy atom. The number of amides is 1. The maximum Gasteiger partial charge on any atom is 0.292 e. The standard InChI is InChI=1S/C14H12ClN3O3S/c15-10-4-3-8-16-14(10)22-9-7-13(19)17-11-5-1-2-6-12(11)18(20)21/h1-6,8H,7,9H2,(H,17,19). The number of nitrogens with one attached hydrogen (secondary N) is 1. The molecule has 0 aliphatic rings. The van der Waals surface area contributed by atoms with Crippen LogP contribution >= 0.6 is 23.4 Å². The molecule has 0 radical (unpaired) electrons. The lowest BCUT2D eigenvalue weighted by Gasteiger charge is -2.06. The highest BCUT2D eigenvalue weighted by Crippen LogP contribution is 2.26. The summed E-state index contributed by atoms with van der Waals surface area (Å²) in [5.74, 6) is 0.178. The molecule has 0 saturated carbocycles. The summed E-state index contributed by atoms with van der Waals surface area (Å²) in [6.07, 6.45) is 1.82. The Balaban J connectivity index is 1.89. The maximum absolute atomic E-state index is 11.9. The number of para-hydroxylation sites is 2. The third kappa shape index (κ3) is 4.44. The minimum absolute atomic E-state index is 0.128. The van der Waals surface area contributed by atoms with Crippen LogP contribution in [0.25, 0.3) is 0 Å². The van der Waals surface area contributed by atoms with E-state index in [0.29, 0.717) is 15.8 Å². The molecule has 2 rings (SSSR count). The van der Waals surface area contributed by atoms with Crippen molar-refractivity contribution in [2.45, 2.75) is 11.4 Å². The first-order valence-electron chi connectivity index (χ1n) is 6.34. The number of nitro benzene ring substituents is 1. The molecule has 22 heavy (non-hydrogen) atoms. The van der Waals surface area contributed by atoms with E-state index in [2.05, 4.69) is 10.3 Å². The van der Waals surface area contributed by atoms with Crippen LogP contribution < -0.4 is 5.32 Å². The summed E-state index contributed by atoms with van der Waals surface area (Å²) in [4.78, 5) is 26.3. The van der Waals surface area contributed by atoms with E-state index >= 15 is 0 Å². The van der Waals surface area contributed by atoms with Crippen LogP contribution in [0.15, 0.2) is 47.6 Å². The molecule has 6 nitrogen and oxygen atoms in total. The highest BCUT2D eigenvalue weighted by atomic mass is 35.5. The number of carbonyl (C=O) groups excluding carboxylic acids is 1. The lowest BCUT2D eigenvalue weighted by atomic mass is 10.2. The van der Waals surface area contributed by atoms with Gasteiger partial charge in [-0.2, -0.15) is 0 Å². The third-order valence-corrected chi connectivity index (χ3v) is 4.09. The summed E-state index contributed by atoms with van der Waals surface area (Å²) in [5, 5.41) is 14.6. The number of anilines is 1. The van der Waals surface area contributed by atoms with Gasteiger partial charge in [-0.15, -0.1) is 11.8 Å². The normalized spacial score (nSPS) is 10.2. The van der Waals surface area contributed by atoms with Crippen molar-refractivity contribution in [3.05, 3.63) is 57.7 Å². The van der Waals surface area contributed by atoms with E-state index < -0.39 is 4.92 Å². The molecule has 0 bridgehead atoms. The van der Waals surface area contributed by atoms with E-state index in [9.17, 15) is 14.9 Å². The van der Waals surface area contributed by atoms with Gasteiger partial charge in [0, 0.05) is 24.4 Å². The van der Waals surface area contributed by atoms with Crippen molar-refractivity contribution in [2.75, 3.05) is 11.1 Å². The molecule has 0 aliphatic heterocycles. The van der Waals surface area contributed by atoms with Crippen LogP contribution in [0.4, 0.5) is 11.4 Å². The van der Waals surface area contributed by atoms with Gasteiger partial charge in [0.1, 0.15) is 10.7 Å². The Morgan fingerprint density at radius 3 is 2.82 bits per heavy atom. The molecule has 0 saturated heterocycles. The molecule has 1 aromatic carbocycles. The topological polar surface area (TPSA) is 85.1 Å². The first-order chi connectivity index (χ1) is 10.6. The summed E-state index contributed by atoms with van der Waals surface area (Å²) in [6.45, 7) is 0. The molecule has 8 heteroatoms. The Labute approximate surface area is 136 Å². The minimum Gasteiger partial charge on any atom is -0.320 e. The number of pyridine rings is 1. The van der Waals surface area contributed by atoms with Gasteiger partial charge < -0.3 is 5.32 Å². The highest BCUT2D eigenvalue weighted by Gasteiger charge is 2.14. The monoisotopic (exact) mass is 337 g/mol. The molecular weight excluding hydrogens is 326 g/mol. The van der Waals surface area contributed by atoms with Crippen LogP contribution in [0, 0.1) is 10.1 Å². The van der Waals surface area contributed by atoms with Crippen LogP contribution in [-0.4, -0.2) is 21.6 Å². The van der Waals surface area contributed by atoms with Gasteiger partial charge in [0.25, 0.3) is 5.69 Å². The van der Waals surface area contributed by atoms with Crippen LogP contribution in [0.3, 0.4) is 0 Å². The second kappa shape index (κ2) is 7.77. The van der Waals surface area contributed by atoms with Crippen molar-refractivity contribution in [1.29, 1.82) is 0 Å². The molecule has 0 aliphatic carbocycles. The smallest absolute Gasteiger partial charge is 0.292 e. The number of carbonyl (C=O) groups is 1. The minimum atomic E-state index is -0.530. The van der Waals surface area contributed by atoms with Crippen molar-refractivity contribution in [3.8, 4) is 0 Å². The molecule has 1 amide bonds. The summed E-state index contributed by atoms with van der Waals surface area (Å²) >= 11 is 7.32. The second-order valence-corrected chi connectivity index (χ2v) is 5.70. The Morgan fingerprint density at radius 1 is 1.32 bits per heavy atom. The Hall–Kier alpha value is -2.12. The summed E-state index contributed by atoms with van der Waals surface area (Å²) in [5.41, 5.74) is 0.0645. The number of hydrogen-bond donors (Lipinski definition) is 1. The fourth-order valence-corrected chi connectivity index (χ4v) is 2.78. The van der Waals surface area contributed by atoms with Gasteiger partial charge in [0.2, 0.25) is 5.91 Å². The van der Waals surface area contributed by atoms with Crippen LogP contribution in [0.5, 0.6) is 0 Å². The molecule has 0 unspecified atom stereocenters. The number of benzene rings is 1. The van der Waals surface area contributed by atoms with Gasteiger partial charge in [-0.1, -0.05) is 23.7 Å². The number of halogens is 1. The van der Waals surface area contributed by atoms with Gasteiger partial charge in [-0.05, 0) is 18.2 Å². The number of thioether (sulfide) groups is 1. The number of nitrogens with zero attached hydrogens (tertiary/aromatic N) is 2. The van der Waals surface area contributed by atoms with Crippen LogP contribution in [0.1, 0.15) is 6.42 Å². The van der Waals surface area contributed by atoms with E-state index in [4.69, 9.17) is 11.6 Å². The predicted molar refractivity (Wildman–Crippen MR) is 86.3 cm³/mol. The molecule has 1 N–H and O–H groups in total. The molecule has 0 fully saturated rings. The van der Waals surface area contributed by atoms with E-state index in [0.717, 1.165) is 0 Å².